The Kier molecular flexibility index (Phi) is 17.0. The molecule has 0 bridgehead atoms. The third kappa shape index (κ3) is 12.0. The van der Waals surface area contributed by atoms with Crippen LogP contribution in [0.4, 0.5) is 0 Å². The smallest absolute Gasteiger partial charge is 1.00 e. The van der Waals surface area contributed by atoms with Crippen LogP contribution in [0.15, 0.2) is 108 Å². The summed E-state index contributed by atoms with van der Waals surface area (Å²) in [5.41, 5.74) is 19.7. The summed E-state index contributed by atoms with van der Waals surface area (Å²) in [6.07, 6.45) is 13.6. The van der Waals surface area contributed by atoms with Crippen molar-refractivity contribution in [3.05, 3.63) is 154 Å². The third-order valence-corrected chi connectivity index (χ3v) is 9.57. The van der Waals surface area contributed by atoms with E-state index in [1.165, 1.54) is 84.3 Å². The van der Waals surface area contributed by atoms with Crippen LogP contribution < -0.4 is 24.8 Å². The maximum Gasteiger partial charge on any atom is -1.00 e. The first kappa shape index (κ1) is 46.3. The van der Waals surface area contributed by atoms with Gasteiger partial charge in [0.15, 0.2) is 0 Å². The van der Waals surface area contributed by atoms with E-state index in [0.29, 0.717) is 0 Å². The van der Waals surface area contributed by atoms with Gasteiger partial charge in [0.05, 0.1) is 0 Å². The van der Waals surface area contributed by atoms with Crippen LogP contribution in [-0.4, -0.2) is 6.41 Å². The summed E-state index contributed by atoms with van der Waals surface area (Å²) < 4.78 is 3.01. The zero-order valence-electron chi connectivity index (χ0n) is 33.8. The Labute approximate surface area is 369 Å². The Hall–Kier alpha value is -2.07. The van der Waals surface area contributed by atoms with Crippen molar-refractivity contribution in [2.45, 2.75) is 94.9 Å². The van der Waals surface area contributed by atoms with E-state index in [-0.39, 0.29) is 35.6 Å². The molecule has 0 amide bonds. The summed E-state index contributed by atoms with van der Waals surface area (Å²) in [4.78, 5) is 0. The van der Waals surface area contributed by atoms with E-state index < -0.39 is 0 Å². The van der Waals surface area contributed by atoms with Crippen molar-refractivity contribution in [3.63, 3.8) is 0 Å². The van der Waals surface area contributed by atoms with E-state index in [0.717, 1.165) is 25.7 Å². The molecular formula is C50H54Cl2Zr2-4. The van der Waals surface area contributed by atoms with Gasteiger partial charge in [0.1, 0.15) is 0 Å². The Morgan fingerprint density at radius 3 is 1.15 bits per heavy atom. The Balaban J connectivity index is 0.000000236. The molecular weight excluding hydrogens is 854 g/mol. The molecule has 0 nitrogen and oxygen atoms in total. The molecule has 0 spiro atoms. The van der Waals surface area contributed by atoms with Crippen molar-refractivity contribution >= 4 is 17.6 Å². The van der Waals surface area contributed by atoms with E-state index in [4.69, 9.17) is 0 Å². The first-order chi connectivity index (χ1) is 24.5. The predicted octanol–water partition coefficient (Wildman–Crippen LogP) is 7.13. The third-order valence-electron chi connectivity index (χ3n) is 9.57. The van der Waals surface area contributed by atoms with Crippen LogP contribution in [0, 0.1) is 23.0 Å². The SMILES string of the molecule is CC(C)(C)C1=CCC(c2[c-]c3c(cc2)-c2ccccc2C3)=C1.CC(C)(C)C1=CCC(c2[c-]c3c(cc2)-c2ccccc2C3)=C1.C[C](C)=[Zr].C[C](C)=[Zr].[Cl-].[Cl-]. The molecule has 0 saturated carbocycles. The first-order valence-electron chi connectivity index (χ1n) is 18.6. The van der Waals surface area contributed by atoms with Crippen molar-refractivity contribution in [2.75, 3.05) is 0 Å². The minimum Gasteiger partial charge on any atom is -1.00 e. The summed E-state index contributed by atoms with van der Waals surface area (Å²) in [6, 6.07) is 33.8. The minimum absolute atomic E-state index is 0. The molecule has 0 aromatic heterocycles. The van der Waals surface area contributed by atoms with Crippen LogP contribution in [0.5, 0.6) is 0 Å². The summed E-state index contributed by atoms with van der Waals surface area (Å²) in [7, 11) is 0. The van der Waals surface area contributed by atoms with Crippen LogP contribution >= 0.6 is 0 Å². The molecule has 4 heteroatoms. The fraction of sp³-hybridized carbons (Fsp3) is 0.320. The van der Waals surface area contributed by atoms with Gasteiger partial charge >= 0.3 is 82.6 Å². The van der Waals surface area contributed by atoms with E-state index in [9.17, 15) is 0 Å². The second-order valence-corrected chi connectivity index (χ2v) is 21.7. The van der Waals surface area contributed by atoms with Gasteiger partial charge in [0.2, 0.25) is 0 Å². The van der Waals surface area contributed by atoms with Crippen LogP contribution in [0.2, 0.25) is 0 Å². The quantitative estimate of drug-likeness (QED) is 0.163. The van der Waals surface area contributed by atoms with Gasteiger partial charge in [0, 0.05) is 0 Å². The Morgan fingerprint density at radius 1 is 0.500 bits per heavy atom. The molecule has 8 rings (SSSR count). The molecule has 280 valence electrons. The molecule has 54 heavy (non-hydrogen) atoms. The number of allylic oxidation sites excluding steroid dienone is 8. The van der Waals surface area contributed by atoms with E-state index in [2.05, 4.69) is 178 Å². The number of rotatable bonds is 2. The zero-order chi connectivity index (χ0) is 37.8. The second-order valence-electron chi connectivity index (χ2n) is 16.8. The standard InChI is InChI=1S/2C22H21.2C3H6.2ClH.2Zr/c2*1-22(2,3)19-10-8-16(14-19)15-9-11-21-18(12-15)13-17-6-4-5-7-20(17)21;2*1-3-2;;;;/h2*4-7,9-11,14H,8,13H2,1-3H3;2*1-2H3;2*1H;;/q2*-1;;;;;;/p-2. The van der Waals surface area contributed by atoms with Gasteiger partial charge in [-0.15, -0.1) is 69.8 Å². The van der Waals surface area contributed by atoms with Crippen LogP contribution in [-0.2, 0) is 61.3 Å². The molecule has 0 aliphatic heterocycles. The zero-order valence-corrected chi connectivity index (χ0v) is 40.2. The monoisotopic (exact) mass is 904 g/mol. The molecule has 4 aliphatic rings. The average molecular weight is 908 g/mol. The average Bonchev–Trinajstić information content (AvgIpc) is 3.87. The summed E-state index contributed by atoms with van der Waals surface area (Å²) in [6.45, 7) is 22.2. The molecule has 0 atom stereocenters. The van der Waals surface area contributed by atoms with Gasteiger partial charge in [-0.05, 0) is 47.6 Å². The van der Waals surface area contributed by atoms with E-state index >= 15 is 0 Å². The molecule has 0 radical (unpaired) electrons. The van der Waals surface area contributed by atoms with Crippen molar-refractivity contribution in [3.8, 4) is 22.3 Å². The largest absolute Gasteiger partial charge is 1.00 e. The van der Waals surface area contributed by atoms with Crippen molar-refractivity contribution in [1.29, 1.82) is 0 Å². The van der Waals surface area contributed by atoms with Gasteiger partial charge < -0.3 is 24.8 Å². The minimum atomic E-state index is 0. The number of hydrogen-bond acceptors (Lipinski definition) is 0. The maximum atomic E-state index is 3.68. The molecule has 4 aromatic rings. The molecule has 4 aromatic carbocycles. The number of halogens is 2. The van der Waals surface area contributed by atoms with Gasteiger partial charge in [-0.3, -0.25) is 0 Å². The topological polar surface area (TPSA) is 0 Å². The fourth-order valence-corrected chi connectivity index (χ4v) is 6.96. The number of benzene rings is 4. The number of fused-ring (bicyclic) bond motifs is 6. The fourth-order valence-electron chi connectivity index (χ4n) is 6.96. The van der Waals surface area contributed by atoms with Crippen LogP contribution in [0.25, 0.3) is 33.4 Å². The van der Waals surface area contributed by atoms with E-state index in [1.807, 2.05) is 0 Å². The van der Waals surface area contributed by atoms with Crippen molar-refractivity contribution in [1.82, 2.24) is 0 Å². The molecule has 0 fully saturated rings. The van der Waals surface area contributed by atoms with Gasteiger partial charge in [0.25, 0.3) is 0 Å². The summed E-state index contributed by atoms with van der Waals surface area (Å²) >= 11 is 3.11. The second kappa shape index (κ2) is 19.9. The predicted molar refractivity (Wildman–Crippen MR) is 220 cm³/mol. The van der Waals surface area contributed by atoms with Crippen LogP contribution in [0.3, 0.4) is 0 Å². The first-order valence-corrected chi connectivity index (χ1v) is 21.1. The summed E-state index contributed by atoms with van der Waals surface area (Å²) in [5.74, 6) is 0. The van der Waals surface area contributed by atoms with E-state index in [1.54, 1.807) is 48.5 Å². The van der Waals surface area contributed by atoms with Gasteiger partial charge in [-0.2, -0.15) is 0 Å². The summed E-state index contributed by atoms with van der Waals surface area (Å²) in [5, 5.41) is 0. The van der Waals surface area contributed by atoms with Crippen LogP contribution in [0.1, 0.15) is 115 Å². The van der Waals surface area contributed by atoms with Gasteiger partial charge in [-0.1, -0.05) is 148 Å². The molecule has 4 aliphatic carbocycles. The Bertz CT molecular complexity index is 1970. The molecule has 0 unspecified atom stereocenters. The molecule has 0 heterocycles. The normalized spacial score (nSPS) is 14.1. The van der Waals surface area contributed by atoms with Crippen molar-refractivity contribution < 1.29 is 73.3 Å². The molecule has 0 N–H and O–H groups in total. The van der Waals surface area contributed by atoms with Crippen molar-refractivity contribution in [2.24, 2.45) is 10.8 Å². The van der Waals surface area contributed by atoms with Gasteiger partial charge in [-0.25, -0.2) is 0 Å². The maximum absolute atomic E-state index is 3.68. The Morgan fingerprint density at radius 2 is 0.833 bits per heavy atom. The number of hydrogen-bond donors (Lipinski definition) is 0. The molecule has 0 saturated heterocycles.